The van der Waals surface area contributed by atoms with Gasteiger partial charge in [-0.1, -0.05) is 42.5 Å². The van der Waals surface area contributed by atoms with Gasteiger partial charge < -0.3 is 20.3 Å². The average molecular weight is 418 g/mol. The molecule has 0 unspecified atom stereocenters. The van der Waals surface area contributed by atoms with Crippen LogP contribution in [0.3, 0.4) is 0 Å². The summed E-state index contributed by atoms with van der Waals surface area (Å²) in [5, 5.41) is 7.85. The van der Waals surface area contributed by atoms with Crippen LogP contribution in [0.15, 0.2) is 66.7 Å². The molecule has 0 aromatic heterocycles. The number of carbonyl (C=O) groups is 2. The van der Waals surface area contributed by atoms with E-state index in [4.69, 9.17) is 4.74 Å². The summed E-state index contributed by atoms with van der Waals surface area (Å²) in [6, 6.07) is 21.7. The zero-order valence-corrected chi connectivity index (χ0v) is 17.5. The standard InChI is InChI=1S/C25H27N3O3/c29-24(27-18-19-5-9-23(10-6-19)28-13-15-31-16-14-28)11-12-26-25(30)22-8-7-20-3-1-2-4-21(20)17-22/h1-10,17H,11-16,18H2,(H,26,30)(H,27,29). The van der Waals surface area contributed by atoms with Crippen molar-refractivity contribution in [3.63, 3.8) is 0 Å². The van der Waals surface area contributed by atoms with Gasteiger partial charge in [0.25, 0.3) is 5.91 Å². The zero-order valence-electron chi connectivity index (χ0n) is 17.5. The van der Waals surface area contributed by atoms with E-state index in [1.807, 2.05) is 48.5 Å². The molecule has 0 aliphatic carbocycles. The summed E-state index contributed by atoms with van der Waals surface area (Å²) < 4.78 is 5.38. The first-order valence-corrected chi connectivity index (χ1v) is 10.6. The Hall–Kier alpha value is -3.38. The monoisotopic (exact) mass is 417 g/mol. The third-order valence-corrected chi connectivity index (χ3v) is 5.45. The molecule has 6 nitrogen and oxygen atoms in total. The molecule has 0 spiro atoms. The van der Waals surface area contributed by atoms with Crippen molar-refractivity contribution in [1.82, 2.24) is 10.6 Å². The normalized spacial score (nSPS) is 13.7. The molecule has 3 aromatic rings. The molecule has 0 atom stereocenters. The van der Waals surface area contributed by atoms with Crippen LogP contribution in [0.1, 0.15) is 22.3 Å². The van der Waals surface area contributed by atoms with E-state index in [1.165, 1.54) is 5.69 Å². The third kappa shape index (κ3) is 5.61. The number of fused-ring (bicyclic) bond motifs is 1. The molecule has 0 radical (unpaired) electrons. The number of hydrogen-bond acceptors (Lipinski definition) is 4. The number of hydrogen-bond donors (Lipinski definition) is 2. The molecule has 2 N–H and O–H groups in total. The Morgan fingerprint density at radius 1 is 0.871 bits per heavy atom. The van der Waals surface area contributed by atoms with Crippen molar-refractivity contribution < 1.29 is 14.3 Å². The number of nitrogens with zero attached hydrogens (tertiary/aromatic N) is 1. The predicted octanol–water partition coefficient (Wildman–Crippen LogP) is 3.11. The molecule has 2 amide bonds. The number of amides is 2. The zero-order chi connectivity index (χ0) is 21.5. The van der Waals surface area contributed by atoms with Crippen LogP contribution < -0.4 is 15.5 Å². The van der Waals surface area contributed by atoms with Gasteiger partial charge in [0.15, 0.2) is 0 Å². The van der Waals surface area contributed by atoms with Gasteiger partial charge in [-0.25, -0.2) is 0 Å². The van der Waals surface area contributed by atoms with Crippen molar-refractivity contribution >= 4 is 28.3 Å². The van der Waals surface area contributed by atoms with Crippen LogP contribution in [0.5, 0.6) is 0 Å². The summed E-state index contributed by atoms with van der Waals surface area (Å²) in [7, 11) is 0. The van der Waals surface area contributed by atoms with E-state index in [-0.39, 0.29) is 18.2 Å². The number of nitrogens with one attached hydrogen (secondary N) is 2. The van der Waals surface area contributed by atoms with Crippen molar-refractivity contribution in [1.29, 1.82) is 0 Å². The number of ether oxygens (including phenoxy) is 1. The SMILES string of the molecule is O=C(CCNC(=O)c1ccc2ccccc2c1)NCc1ccc(N2CCOCC2)cc1. The molecule has 0 saturated carbocycles. The Balaban J connectivity index is 1.19. The fourth-order valence-electron chi connectivity index (χ4n) is 3.66. The van der Waals surface area contributed by atoms with Gasteiger partial charge >= 0.3 is 0 Å². The van der Waals surface area contributed by atoms with Gasteiger partial charge in [0, 0.05) is 43.9 Å². The lowest BCUT2D eigenvalue weighted by molar-refractivity contribution is -0.121. The lowest BCUT2D eigenvalue weighted by Gasteiger charge is -2.28. The molecule has 3 aromatic carbocycles. The maximum atomic E-state index is 12.4. The summed E-state index contributed by atoms with van der Waals surface area (Å²) in [4.78, 5) is 26.8. The molecule has 6 heteroatoms. The van der Waals surface area contributed by atoms with Crippen molar-refractivity contribution in [2.24, 2.45) is 0 Å². The van der Waals surface area contributed by atoms with Crippen LogP contribution in [-0.4, -0.2) is 44.7 Å². The van der Waals surface area contributed by atoms with E-state index in [9.17, 15) is 9.59 Å². The number of morpholine rings is 1. The molecule has 4 rings (SSSR count). The first kappa shape index (κ1) is 20.9. The van der Waals surface area contributed by atoms with E-state index < -0.39 is 0 Å². The van der Waals surface area contributed by atoms with Crippen LogP contribution in [0.2, 0.25) is 0 Å². The topological polar surface area (TPSA) is 70.7 Å². The van der Waals surface area contributed by atoms with Crippen molar-refractivity contribution in [2.45, 2.75) is 13.0 Å². The minimum Gasteiger partial charge on any atom is -0.378 e. The third-order valence-electron chi connectivity index (χ3n) is 5.45. The Morgan fingerprint density at radius 3 is 2.39 bits per heavy atom. The minimum atomic E-state index is -0.169. The molecule has 1 aliphatic rings. The highest BCUT2D eigenvalue weighted by atomic mass is 16.5. The molecule has 160 valence electrons. The second-order valence-corrected chi connectivity index (χ2v) is 7.61. The Bertz CT molecular complexity index is 1040. The average Bonchev–Trinajstić information content (AvgIpc) is 2.83. The lowest BCUT2D eigenvalue weighted by Crippen LogP contribution is -2.36. The highest BCUT2D eigenvalue weighted by Gasteiger charge is 2.11. The van der Waals surface area contributed by atoms with Gasteiger partial charge in [-0.05, 0) is 40.6 Å². The summed E-state index contributed by atoms with van der Waals surface area (Å²) in [5.74, 6) is -0.256. The summed E-state index contributed by atoms with van der Waals surface area (Å²) in [6.07, 6.45) is 0.241. The van der Waals surface area contributed by atoms with Gasteiger partial charge in [-0.3, -0.25) is 9.59 Å². The molecule has 1 saturated heterocycles. The minimum absolute atomic E-state index is 0.0870. The van der Waals surface area contributed by atoms with Gasteiger partial charge in [0.2, 0.25) is 5.91 Å². The fourth-order valence-corrected chi connectivity index (χ4v) is 3.66. The van der Waals surface area contributed by atoms with Gasteiger partial charge in [-0.15, -0.1) is 0 Å². The molecule has 1 aliphatic heterocycles. The van der Waals surface area contributed by atoms with E-state index in [2.05, 4.69) is 27.7 Å². The quantitative estimate of drug-likeness (QED) is 0.620. The highest BCUT2D eigenvalue weighted by Crippen LogP contribution is 2.17. The van der Waals surface area contributed by atoms with Gasteiger partial charge in [0.1, 0.15) is 0 Å². The van der Waals surface area contributed by atoms with E-state index in [0.717, 1.165) is 42.6 Å². The largest absolute Gasteiger partial charge is 0.378 e. The van der Waals surface area contributed by atoms with Crippen LogP contribution in [0, 0.1) is 0 Å². The molecule has 1 fully saturated rings. The first-order chi connectivity index (χ1) is 15.2. The molecule has 31 heavy (non-hydrogen) atoms. The van der Waals surface area contributed by atoms with Crippen molar-refractivity contribution in [2.75, 3.05) is 37.7 Å². The van der Waals surface area contributed by atoms with E-state index >= 15 is 0 Å². The van der Waals surface area contributed by atoms with Gasteiger partial charge in [0.05, 0.1) is 13.2 Å². The molecule has 0 bridgehead atoms. The maximum absolute atomic E-state index is 12.4. The van der Waals surface area contributed by atoms with Crippen LogP contribution in [0.4, 0.5) is 5.69 Å². The van der Waals surface area contributed by atoms with Crippen LogP contribution in [-0.2, 0) is 16.1 Å². The maximum Gasteiger partial charge on any atom is 0.251 e. The van der Waals surface area contributed by atoms with E-state index in [0.29, 0.717) is 18.7 Å². The van der Waals surface area contributed by atoms with Gasteiger partial charge in [-0.2, -0.15) is 0 Å². The molecule has 1 heterocycles. The van der Waals surface area contributed by atoms with Crippen LogP contribution in [0.25, 0.3) is 10.8 Å². The molecular weight excluding hydrogens is 390 g/mol. The number of carbonyl (C=O) groups excluding carboxylic acids is 2. The number of rotatable bonds is 7. The lowest BCUT2D eigenvalue weighted by atomic mass is 10.1. The van der Waals surface area contributed by atoms with E-state index in [1.54, 1.807) is 6.07 Å². The van der Waals surface area contributed by atoms with Crippen molar-refractivity contribution in [3.05, 3.63) is 77.9 Å². The Labute approximate surface area is 182 Å². The summed E-state index contributed by atoms with van der Waals surface area (Å²) in [5.41, 5.74) is 2.82. The summed E-state index contributed by atoms with van der Waals surface area (Å²) in [6.45, 7) is 4.10. The molecular formula is C25H27N3O3. The van der Waals surface area contributed by atoms with Crippen molar-refractivity contribution in [3.8, 4) is 0 Å². The predicted molar refractivity (Wildman–Crippen MR) is 122 cm³/mol. The second kappa shape index (κ2) is 10.1. The number of anilines is 1. The Morgan fingerprint density at radius 2 is 1.61 bits per heavy atom. The Kier molecular flexibility index (Phi) is 6.79. The van der Waals surface area contributed by atoms with Crippen LogP contribution >= 0.6 is 0 Å². The fraction of sp³-hybridized carbons (Fsp3) is 0.280. The first-order valence-electron chi connectivity index (χ1n) is 10.6. The smallest absolute Gasteiger partial charge is 0.251 e. The number of benzene rings is 3. The highest BCUT2D eigenvalue weighted by molar-refractivity contribution is 5.98. The summed E-state index contributed by atoms with van der Waals surface area (Å²) >= 11 is 0. The second-order valence-electron chi connectivity index (χ2n) is 7.61.